The van der Waals surface area contributed by atoms with E-state index in [1.165, 1.54) is 6.42 Å². The van der Waals surface area contributed by atoms with E-state index in [9.17, 15) is 4.79 Å². The number of fused-ring (bicyclic) bond motifs is 2. The van der Waals surface area contributed by atoms with E-state index in [1.807, 2.05) is 20.9 Å². The molecule has 140 valence electrons. The highest BCUT2D eigenvalue weighted by atomic mass is 16.5. The van der Waals surface area contributed by atoms with Gasteiger partial charge in [0, 0.05) is 25.6 Å². The lowest BCUT2D eigenvalue weighted by molar-refractivity contribution is -0.138. The highest BCUT2D eigenvalue weighted by Gasteiger charge is 2.41. The van der Waals surface area contributed by atoms with Crippen LogP contribution in [0.3, 0.4) is 0 Å². The molecule has 0 saturated heterocycles. The highest BCUT2D eigenvalue weighted by molar-refractivity contribution is 5.78. The Hall–Kier alpha value is -1.47. The van der Waals surface area contributed by atoms with E-state index >= 15 is 0 Å². The van der Waals surface area contributed by atoms with Gasteiger partial charge >= 0.3 is 0 Å². The van der Waals surface area contributed by atoms with E-state index in [0.717, 1.165) is 25.7 Å². The molecule has 3 atom stereocenters. The Morgan fingerprint density at radius 3 is 2.72 bits per heavy atom. The SMILES string of the molecule is CCOC(C)c1noc(CN(C)C(=O)C2CC3CCCC(C2)C3N)n1. The molecule has 2 bridgehead atoms. The minimum atomic E-state index is -0.206. The lowest BCUT2D eigenvalue weighted by Crippen LogP contribution is -2.49. The van der Waals surface area contributed by atoms with Crippen molar-refractivity contribution in [2.24, 2.45) is 23.5 Å². The Morgan fingerprint density at radius 2 is 2.08 bits per heavy atom. The Bertz CT molecular complexity index is 577. The van der Waals surface area contributed by atoms with Crippen LogP contribution >= 0.6 is 0 Å². The summed E-state index contributed by atoms with van der Waals surface area (Å²) in [5, 5.41) is 3.95. The number of rotatable bonds is 6. The molecule has 2 fully saturated rings. The first-order chi connectivity index (χ1) is 12.0. The van der Waals surface area contributed by atoms with Gasteiger partial charge in [0.15, 0.2) is 5.82 Å². The highest BCUT2D eigenvalue weighted by Crippen LogP contribution is 2.42. The van der Waals surface area contributed by atoms with Crippen molar-refractivity contribution in [3.05, 3.63) is 11.7 Å². The molecule has 0 aliphatic heterocycles. The van der Waals surface area contributed by atoms with Gasteiger partial charge in [-0.05, 0) is 51.4 Å². The lowest BCUT2D eigenvalue weighted by Gasteiger charge is -2.44. The van der Waals surface area contributed by atoms with Gasteiger partial charge in [0.2, 0.25) is 11.8 Å². The predicted molar refractivity (Wildman–Crippen MR) is 92.3 cm³/mol. The van der Waals surface area contributed by atoms with Crippen LogP contribution in [-0.4, -0.2) is 40.6 Å². The fourth-order valence-electron chi connectivity index (χ4n) is 4.41. The van der Waals surface area contributed by atoms with Crippen LogP contribution in [0.2, 0.25) is 0 Å². The van der Waals surface area contributed by atoms with Crippen molar-refractivity contribution >= 4 is 5.91 Å². The molecule has 2 aliphatic carbocycles. The summed E-state index contributed by atoms with van der Waals surface area (Å²) in [6.07, 6.45) is 5.20. The van der Waals surface area contributed by atoms with Gasteiger partial charge in [-0.25, -0.2) is 0 Å². The molecule has 2 aliphatic rings. The zero-order valence-corrected chi connectivity index (χ0v) is 15.5. The van der Waals surface area contributed by atoms with Crippen molar-refractivity contribution in [2.75, 3.05) is 13.7 Å². The zero-order chi connectivity index (χ0) is 18.0. The van der Waals surface area contributed by atoms with E-state index in [4.69, 9.17) is 15.0 Å². The van der Waals surface area contributed by atoms with Gasteiger partial charge in [-0.3, -0.25) is 4.79 Å². The van der Waals surface area contributed by atoms with Gasteiger partial charge in [0.1, 0.15) is 6.10 Å². The smallest absolute Gasteiger partial charge is 0.246 e. The van der Waals surface area contributed by atoms with Crippen LogP contribution in [-0.2, 0) is 16.1 Å². The summed E-state index contributed by atoms with van der Waals surface area (Å²) in [4.78, 5) is 18.9. The monoisotopic (exact) mass is 350 g/mol. The fraction of sp³-hybridized carbons (Fsp3) is 0.833. The molecule has 25 heavy (non-hydrogen) atoms. The van der Waals surface area contributed by atoms with Crippen molar-refractivity contribution in [3.8, 4) is 0 Å². The third-order valence-corrected chi connectivity index (χ3v) is 5.77. The van der Waals surface area contributed by atoms with Crippen LogP contribution in [0.4, 0.5) is 0 Å². The van der Waals surface area contributed by atoms with E-state index in [1.54, 1.807) is 4.90 Å². The molecule has 1 heterocycles. The minimum Gasteiger partial charge on any atom is -0.371 e. The van der Waals surface area contributed by atoms with Gasteiger partial charge in [-0.2, -0.15) is 4.98 Å². The number of amides is 1. The average Bonchev–Trinajstić information content (AvgIpc) is 3.02. The molecule has 3 unspecified atom stereocenters. The molecule has 7 nitrogen and oxygen atoms in total. The quantitative estimate of drug-likeness (QED) is 0.846. The van der Waals surface area contributed by atoms with Gasteiger partial charge in [0.25, 0.3) is 0 Å². The standard InChI is InChI=1S/C18H30N4O3/c1-4-24-11(2)17-20-15(25-21-17)10-22(3)18(23)14-8-12-6-5-7-13(9-14)16(12)19/h11-14,16H,4-10,19H2,1-3H3. The summed E-state index contributed by atoms with van der Waals surface area (Å²) < 4.78 is 10.7. The van der Waals surface area contributed by atoms with Crippen molar-refractivity contribution in [3.63, 3.8) is 0 Å². The molecule has 3 rings (SSSR count). The molecule has 1 aromatic rings. The van der Waals surface area contributed by atoms with Gasteiger partial charge in [0.05, 0.1) is 6.54 Å². The molecular formula is C18H30N4O3. The van der Waals surface area contributed by atoms with Gasteiger partial charge in [-0.15, -0.1) is 0 Å². The van der Waals surface area contributed by atoms with Crippen molar-refractivity contribution in [2.45, 2.75) is 64.6 Å². The van der Waals surface area contributed by atoms with Crippen LogP contribution in [0.5, 0.6) is 0 Å². The molecule has 0 aromatic carbocycles. The number of aromatic nitrogens is 2. The summed E-state index contributed by atoms with van der Waals surface area (Å²) in [6.45, 7) is 4.74. The summed E-state index contributed by atoms with van der Waals surface area (Å²) in [5.41, 5.74) is 6.33. The number of hydrogen-bond donors (Lipinski definition) is 1. The minimum absolute atomic E-state index is 0.0739. The van der Waals surface area contributed by atoms with Crippen LogP contribution in [0, 0.1) is 17.8 Å². The molecule has 1 aromatic heterocycles. The third-order valence-electron chi connectivity index (χ3n) is 5.77. The maximum atomic E-state index is 12.9. The predicted octanol–water partition coefficient (Wildman–Crippen LogP) is 2.28. The summed E-state index contributed by atoms with van der Waals surface area (Å²) in [5.74, 6) is 2.21. The molecular weight excluding hydrogens is 320 g/mol. The maximum absolute atomic E-state index is 12.9. The molecule has 2 N–H and O–H groups in total. The third kappa shape index (κ3) is 4.03. The van der Waals surface area contributed by atoms with Crippen molar-refractivity contribution < 1.29 is 14.1 Å². The second-order valence-electron chi connectivity index (χ2n) is 7.53. The Labute approximate surface area is 149 Å². The Morgan fingerprint density at radius 1 is 1.40 bits per heavy atom. The molecule has 1 amide bonds. The molecule has 2 saturated carbocycles. The van der Waals surface area contributed by atoms with Crippen LogP contribution in [0.15, 0.2) is 4.52 Å². The second kappa shape index (κ2) is 7.83. The number of hydrogen-bond acceptors (Lipinski definition) is 6. The molecule has 7 heteroatoms. The van der Waals surface area contributed by atoms with E-state index in [-0.39, 0.29) is 24.0 Å². The van der Waals surface area contributed by atoms with Crippen LogP contribution < -0.4 is 5.73 Å². The summed E-state index contributed by atoms with van der Waals surface area (Å²) >= 11 is 0. The topological polar surface area (TPSA) is 94.5 Å². The first-order valence-electron chi connectivity index (χ1n) is 9.44. The number of ether oxygens (including phenoxy) is 1. The maximum Gasteiger partial charge on any atom is 0.246 e. The Kier molecular flexibility index (Phi) is 5.74. The number of carbonyl (C=O) groups excluding carboxylic acids is 1. The lowest BCUT2D eigenvalue weighted by atomic mass is 9.65. The number of nitrogens with zero attached hydrogens (tertiary/aromatic N) is 3. The first kappa shape index (κ1) is 18.3. The molecule has 0 spiro atoms. The van der Waals surface area contributed by atoms with E-state index in [2.05, 4.69) is 10.1 Å². The number of nitrogens with two attached hydrogens (primary N) is 1. The van der Waals surface area contributed by atoms with E-state index in [0.29, 0.717) is 36.7 Å². The van der Waals surface area contributed by atoms with Crippen molar-refractivity contribution in [1.29, 1.82) is 0 Å². The van der Waals surface area contributed by atoms with Crippen LogP contribution in [0.1, 0.15) is 63.8 Å². The van der Waals surface area contributed by atoms with Crippen molar-refractivity contribution in [1.82, 2.24) is 15.0 Å². The summed E-state index contributed by atoms with van der Waals surface area (Å²) in [7, 11) is 1.81. The molecule has 0 radical (unpaired) electrons. The van der Waals surface area contributed by atoms with E-state index < -0.39 is 0 Å². The summed E-state index contributed by atoms with van der Waals surface area (Å²) in [6, 6.07) is 0.279. The Balaban J connectivity index is 1.58. The van der Waals surface area contributed by atoms with Crippen LogP contribution in [0.25, 0.3) is 0 Å². The zero-order valence-electron chi connectivity index (χ0n) is 15.5. The average molecular weight is 350 g/mol. The second-order valence-corrected chi connectivity index (χ2v) is 7.53. The normalized spacial score (nSPS) is 30.1. The first-order valence-corrected chi connectivity index (χ1v) is 9.44. The van der Waals surface area contributed by atoms with Gasteiger partial charge in [-0.1, -0.05) is 11.6 Å². The number of carbonyl (C=O) groups is 1. The largest absolute Gasteiger partial charge is 0.371 e. The van der Waals surface area contributed by atoms with Gasteiger partial charge < -0.3 is 19.9 Å². The fourth-order valence-corrected chi connectivity index (χ4v) is 4.41.